The van der Waals surface area contributed by atoms with Crippen molar-refractivity contribution in [1.82, 2.24) is 0 Å². The molecular formula is C22H18N4O8-4. The van der Waals surface area contributed by atoms with Crippen LogP contribution in [0.1, 0.15) is 22.3 Å². The molecule has 12 heteroatoms. The Kier molecular flexibility index (Phi) is 7.80. The maximum atomic E-state index is 11.0. The van der Waals surface area contributed by atoms with E-state index in [0.29, 0.717) is 11.1 Å². The van der Waals surface area contributed by atoms with Gasteiger partial charge in [-0.25, -0.2) is 0 Å². The first-order chi connectivity index (χ1) is 16.2. The smallest absolute Gasteiger partial charge is 0.104 e. The summed E-state index contributed by atoms with van der Waals surface area (Å²) in [6.07, 6.45) is 5.89. The van der Waals surface area contributed by atoms with Gasteiger partial charge in [0.15, 0.2) is 0 Å². The fourth-order valence-corrected chi connectivity index (χ4v) is 3.08. The van der Waals surface area contributed by atoms with E-state index in [2.05, 4.69) is 0 Å². The second kappa shape index (κ2) is 10.8. The molecule has 0 atom stereocenters. The predicted octanol–water partition coefficient (Wildman–Crippen LogP) is 4.80. The number of hydrogen-bond acceptors (Lipinski definition) is 12. The van der Waals surface area contributed by atoms with Crippen LogP contribution in [0.3, 0.4) is 0 Å². The van der Waals surface area contributed by atoms with Crippen molar-refractivity contribution >= 4 is 47.1 Å². The molecule has 34 heavy (non-hydrogen) atoms. The molecule has 0 aliphatic rings. The van der Waals surface area contributed by atoms with Crippen LogP contribution in [-0.4, -0.2) is 20.8 Å². The first kappa shape index (κ1) is 24.7. The fourth-order valence-electron chi connectivity index (χ4n) is 3.08. The molecule has 0 aliphatic carbocycles. The summed E-state index contributed by atoms with van der Waals surface area (Å²) in [5.41, 5.74) is 0.648. The summed E-state index contributed by atoms with van der Waals surface area (Å²) in [7, 11) is 0. The van der Waals surface area contributed by atoms with E-state index in [1.165, 1.54) is 66.8 Å². The summed E-state index contributed by atoms with van der Waals surface area (Å²) >= 11 is 0. The average molecular weight is 466 g/mol. The summed E-state index contributed by atoms with van der Waals surface area (Å²) in [6.45, 7) is 0. The van der Waals surface area contributed by atoms with Crippen LogP contribution < -0.4 is 20.9 Å². The molecule has 12 nitrogen and oxygen atoms in total. The van der Waals surface area contributed by atoms with Crippen molar-refractivity contribution in [3.8, 4) is 0 Å². The van der Waals surface area contributed by atoms with E-state index >= 15 is 0 Å². The lowest BCUT2D eigenvalue weighted by Crippen LogP contribution is -2.17. The summed E-state index contributed by atoms with van der Waals surface area (Å²) < 4.78 is 0. The lowest BCUT2D eigenvalue weighted by Gasteiger charge is -2.37. The third-order valence-corrected chi connectivity index (χ3v) is 4.68. The Hall–Kier alpha value is -3.98. The van der Waals surface area contributed by atoms with Crippen molar-refractivity contribution in [2.24, 2.45) is 0 Å². The average Bonchev–Trinajstić information content (AvgIpc) is 2.81. The van der Waals surface area contributed by atoms with Crippen LogP contribution in [0.5, 0.6) is 0 Å². The molecule has 0 amide bonds. The van der Waals surface area contributed by atoms with Gasteiger partial charge in [-0.1, -0.05) is 48.6 Å². The van der Waals surface area contributed by atoms with E-state index < -0.39 is 10.5 Å². The molecule has 3 rings (SSSR count). The Balaban J connectivity index is 2.04. The second-order valence-electron chi connectivity index (χ2n) is 6.92. The van der Waals surface area contributed by atoms with Crippen LogP contribution in [0.15, 0.2) is 60.7 Å². The maximum absolute atomic E-state index is 11.0. The zero-order valence-corrected chi connectivity index (χ0v) is 17.3. The molecule has 0 spiro atoms. The Bertz CT molecular complexity index is 1110. The Morgan fingerprint density at radius 2 is 0.941 bits per heavy atom. The molecule has 3 aromatic rings. The zero-order valence-electron chi connectivity index (χ0n) is 17.3. The third-order valence-electron chi connectivity index (χ3n) is 4.68. The van der Waals surface area contributed by atoms with Gasteiger partial charge in [-0.05, 0) is 47.5 Å². The van der Waals surface area contributed by atoms with Crippen LogP contribution >= 0.6 is 0 Å². The van der Waals surface area contributed by atoms with Gasteiger partial charge in [0.05, 0.1) is 0 Å². The molecule has 0 unspecified atom stereocenters. The van der Waals surface area contributed by atoms with Gasteiger partial charge in [0.2, 0.25) is 0 Å². The molecule has 0 saturated carbocycles. The van der Waals surface area contributed by atoms with E-state index in [1.807, 2.05) is 0 Å². The minimum atomic E-state index is -0.547. The molecule has 0 fully saturated rings. The number of nitrogens with zero attached hydrogens (tertiary/aromatic N) is 4. The lowest BCUT2D eigenvalue weighted by molar-refractivity contribution is 0.0259. The largest absolute Gasteiger partial charge is 0.769 e. The minimum Gasteiger partial charge on any atom is -0.769 e. The monoisotopic (exact) mass is 466 g/mol. The van der Waals surface area contributed by atoms with Gasteiger partial charge in [-0.2, -0.15) is 0 Å². The quantitative estimate of drug-likeness (QED) is 0.263. The van der Waals surface area contributed by atoms with Crippen molar-refractivity contribution in [3.63, 3.8) is 0 Å². The SMILES string of the molecule is [O-]N([O-])c1cccc(C=Cc2cc(C=Cc3cccc(N([O-])[O-])c3)c(N(O)O)cc2N(O)O)c1. The van der Waals surface area contributed by atoms with Crippen molar-refractivity contribution in [3.05, 3.63) is 104 Å². The van der Waals surface area contributed by atoms with E-state index in [1.54, 1.807) is 12.1 Å². The van der Waals surface area contributed by atoms with E-state index in [9.17, 15) is 41.7 Å². The van der Waals surface area contributed by atoms with Gasteiger partial charge >= 0.3 is 0 Å². The van der Waals surface area contributed by atoms with E-state index in [4.69, 9.17) is 0 Å². The number of anilines is 4. The van der Waals surface area contributed by atoms with Gasteiger partial charge in [-0.3, -0.25) is 20.8 Å². The molecule has 0 aliphatic heterocycles. The maximum Gasteiger partial charge on any atom is 0.104 e. The molecule has 0 saturated heterocycles. The Morgan fingerprint density at radius 1 is 0.529 bits per heavy atom. The van der Waals surface area contributed by atoms with Gasteiger partial charge in [0.25, 0.3) is 0 Å². The van der Waals surface area contributed by atoms with Crippen LogP contribution in [0, 0.1) is 20.8 Å². The number of benzene rings is 3. The normalized spacial score (nSPS) is 11.3. The first-order valence-electron chi connectivity index (χ1n) is 9.54. The highest BCUT2D eigenvalue weighted by Gasteiger charge is 2.14. The first-order valence-corrected chi connectivity index (χ1v) is 9.54. The highest BCUT2D eigenvalue weighted by molar-refractivity contribution is 5.85. The standard InChI is InChI=1S/C22H18N4O8/c27-23(28)19-5-1-3-15(11-19)7-9-17-13-18(22(26(33)34)14-21(17)25(31)32)10-8-16-4-2-6-20(12-16)24(29)30/h1-14,31-34H/q-4. The molecule has 178 valence electrons. The van der Waals surface area contributed by atoms with Crippen LogP contribution in [0.4, 0.5) is 22.7 Å². The lowest BCUT2D eigenvalue weighted by atomic mass is 10.0. The topological polar surface area (TPSA) is 186 Å². The van der Waals surface area contributed by atoms with Gasteiger partial charge in [0, 0.05) is 22.5 Å². The van der Waals surface area contributed by atoms with E-state index in [-0.39, 0.29) is 44.3 Å². The molecule has 0 radical (unpaired) electrons. The van der Waals surface area contributed by atoms with Crippen molar-refractivity contribution in [2.75, 3.05) is 20.9 Å². The Morgan fingerprint density at radius 3 is 1.29 bits per heavy atom. The number of rotatable bonds is 8. The molecule has 0 bridgehead atoms. The van der Waals surface area contributed by atoms with Crippen LogP contribution in [-0.2, 0) is 0 Å². The third kappa shape index (κ3) is 6.08. The highest BCUT2D eigenvalue weighted by atomic mass is 16.8. The van der Waals surface area contributed by atoms with Crippen molar-refractivity contribution in [1.29, 1.82) is 0 Å². The minimum absolute atomic E-state index is 0.125. The summed E-state index contributed by atoms with van der Waals surface area (Å²) in [5.74, 6) is 0. The van der Waals surface area contributed by atoms with Crippen LogP contribution in [0.2, 0.25) is 0 Å². The highest BCUT2D eigenvalue weighted by Crippen LogP contribution is 2.32. The van der Waals surface area contributed by atoms with Gasteiger partial charge in [-0.15, -0.1) is 10.5 Å². The fraction of sp³-hybridized carbons (Fsp3) is 0. The zero-order chi connectivity index (χ0) is 24.8. The Labute approximate surface area is 193 Å². The molecule has 0 heterocycles. The van der Waals surface area contributed by atoms with Crippen molar-refractivity contribution in [2.45, 2.75) is 0 Å². The predicted molar refractivity (Wildman–Crippen MR) is 128 cm³/mol. The molecule has 3 aromatic carbocycles. The number of hydrogen-bond donors (Lipinski definition) is 4. The van der Waals surface area contributed by atoms with Crippen molar-refractivity contribution < 1.29 is 20.8 Å². The van der Waals surface area contributed by atoms with E-state index in [0.717, 1.165) is 6.07 Å². The molecular weight excluding hydrogens is 448 g/mol. The molecule has 0 aromatic heterocycles. The van der Waals surface area contributed by atoms with Crippen LogP contribution in [0.25, 0.3) is 24.3 Å². The molecule has 4 N–H and O–H groups in total. The summed E-state index contributed by atoms with van der Waals surface area (Å²) in [5, 5.41) is 80.8. The van der Waals surface area contributed by atoms with Gasteiger partial charge in [0.1, 0.15) is 11.4 Å². The second-order valence-corrected chi connectivity index (χ2v) is 6.92. The van der Waals surface area contributed by atoms with Gasteiger partial charge < -0.3 is 31.3 Å². The summed E-state index contributed by atoms with van der Waals surface area (Å²) in [6, 6.07) is 14.0. The summed E-state index contributed by atoms with van der Waals surface area (Å²) in [4.78, 5) is 0.